The molecule has 1 amide bonds. The monoisotopic (exact) mass is 344 g/mol. The molecule has 130 valence electrons. The Hall–Kier alpha value is -3.21. The summed E-state index contributed by atoms with van der Waals surface area (Å²) in [6, 6.07) is 14.2. The van der Waals surface area contributed by atoms with E-state index in [4.69, 9.17) is 0 Å². The van der Waals surface area contributed by atoms with E-state index in [-0.39, 0.29) is 5.91 Å². The number of nitrogens with zero attached hydrogens (tertiary/aromatic N) is 3. The largest absolute Gasteiger partial charge is 0.339 e. The summed E-state index contributed by atoms with van der Waals surface area (Å²) in [4.78, 5) is 23.3. The summed E-state index contributed by atoms with van der Waals surface area (Å²) < 4.78 is 0. The third-order valence-corrected chi connectivity index (χ3v) is 4.66. The number of aryl methyl sites for hydroxylation is 2. The smallest absolute Gasteiger partial charge is 0.278 e. The number of anilines is 3. The number of hydrogen-bond acceptors (Lipinski definition) is 4. The highest BCUT2D eigenvalue weighted by molar-refractivity contribution is 6.05. The van der Waals surface area contributed by atoms with Crippen LogP contribution in [-0.4, -0.2) is 22.4 Å². The standard InChI is InChI=1S/C21H20N4O/c1-14-7-8-15(2)17(11-14)24-20-13-22-18(12-23-20)21(26)25-10-9-16-5-3-4-6-19(16)25/h3-8,11-13H,9-10H2,1-2H3,(H,23,24). The summed E-state index contributed by atoms with van der Waals surface area (Å²) in [6.07, 6.45) is 4.02. The van der Waals surface area contributed by atoms with Crippen LogP contribution in [0.5, 0.6) is 0 Å². The molecule has 26 heavy (non-hydrogen) atoms. The lowest BCUT2D eigenvalue weighted by atomic mass is 10.1. The van der Waals surface area contributed by atoms with Crippen molar-refractivity contribution in [2.45, 2.75) is 20.3 Å². The van der Waals surface area contributed by atoms with Crippen molar-refractivity contribution in [3.05, 3.63) is 77.2 Å². The first kappa shape index (κ1) is 16.3. The number of fused-ring (bicyclic) bond motifs is 1. The number of amides is 1. The van der Waals surface area contributed by atoms with Gasteiger partial charge in [0.2, 0.25) is 0 Å². The van der Waals surface area contributed by atoms with Gasteiger partial charge in [-0.1, -0.05) is 30.3 Å². The Bertz CT molecular complexity index is 966. The first-order chi connectivity index (χ1) is 12.6. The maximum atomic E-state index is 12.8. The minimum Gasteiger partial charge on any atom is -0.339 e. The van der Waals surface area contributed by atoms with E-state index in [0.717, 1.165) is 23.4 Å². The van der Waals surface area contributed by atoms with Crippen LogP contribution in [0.25, 0.3) is 0 Å². The van der Waals surface area contributed by atoms with Gasteiger partial charge in [0.05, 0.1) is 12.4 Å². The highest BCUT2D eigenvalue weighted by Gasteiger charge is 2.26. The number of carbonyl (C=O) groups is 1. The van der Waals surface area contributed by atoms with Crippen molar-refractivity contribution < 1.29 is 4.79 Å². The highest BCUT2D eigenvalue weighted by Crippen LogP contribution is 2.28. The molecule has 4 rings (SSSR count). The van der Waals surface area contributed by atoms with E-state index >= 15 is 0 Å². The lowest BCUT2D eigenvalue weighted by molar-refractivity contribution is 0.0984. The van der Waals surface area contributed by atoms with Crippen LogP contribution in [-0.2, 0) is 6.42 Å². The predicted molar refractivity (Wildman–Crippen MR) is 103 cm³/mol. The molecular formula is C21H20N4O. The average Bonchev–Trinajstić information content (AvgIpc) is 3.09. The predicted octanol–water partition coefficient (Wildman–Crippen LogP) is 4.04. The molecule has 1 aliphatic rings. The average molecular weight is 344 g/mol. The highest BCUT2D eigenvalue weighted by atomic mass is 16.2. The third kappa shape index (κ3) is 3.04. The number of hydrogen-bond donors (Lipinski definition) is 1. The third-order valence-electron chi connectivity index (χ3n) is 4.66. The molecular weight excluding hydrogens is 324 g/mol. The normalized spacial score (nSPS) is 12.8. The van der Waals surface area contributed by atoms with Gasteiger partial charge in [-0.3, -0.25) is 4.79 Å². The first-order valence-corrected chi connectivity index (χ1v) is 8.68. The number of aromatic nitrogens is 2. The number of para-hydroxylation sites is 1. The number of carbonyl (C=O) groups excluding carboxylic acids is 1. The van der Waals surface area contributed by atoms with Gasteiger partial charge in [-0.15, -0.1) is 0 Å². The van der Waals surface area contributed by atoms with Gasteiger partial charge in [-0.25, -0.2) is 9.97 Å². The van der Waals surface area contributed by atoms with Gasteiger partial charge in [-0.05, 0) is 49.1 Å². The molecule has 0 aliphatic carbocycles. The zero-order valence-electron chi connectivity index (χ0n) is 14.9. The van der Waals surface area contributed by atoms with E-state index in [2.05, 4.69) is 39.6 Å². The van der Waals surface area contributed by atoms with Crippen LogP contribution in [0, 0.1) is 13.8 Å². The van der Waals surface area contributed by atoms with Crippen LogP contribution in [0.15, 0.2) is 54.9 Å². The van der Waals surface area contributed by atoms with E-state index in [0.29, 0.717) is 18.1 Å². The van der Waals surface area contributed by atoms with Crippen LogP contribution in [0.4, 0.5) is 17.2 Å². The van der Waals surface area contributed by atoms with E-state index in [1.54, 1.807) is 11.1 Å². The summed E-state index contributed by atoms with van der Waals surface area (Å²) in [6.45, 7) is 4.77. The molecule has 2 heterocycles. The second kappa shape index (κ2) is 6.59. The fourth-order valence-corrected chi connectivity index (χ4v) is 3.20. The molecule has 3 aromatic rings. The van der Waals surface area contributed by atoms with Gasteiger partial charge in [0, 0.05) is 17.9 Å². The number of nitrogens with one attached hydrogen (secondary N) is 1. The Morgan fingerprint density at radius 1 is 1.08 bits per heavy atom. The summed E-state index contributed by atoms with van der Waals surface area (Å²) in [5.41, 5.74) is 5.82. The molecule has 5 nitrogen and oxygen atoms in total. The molecule has 0 saturated carbocycles. The lowest BCUT2D eigenvalue weighted by Crippen LogP contribution is -2.29. The Morgan fingerprint density at radius 3 is 2.73 bits per heavy atom. The van der Waals surface area contributed by atoms with E-state index < -0.39 is 0 Å². The lowest BCUT2D eigenvalue weighted by Gasteiger charge is -2.16. The van der Waals surface area contributed by atoms with Crippen molar-refractivity contribution in [3.8, 4) is 0 Å². The molecule has 5 heteroatoms. The summed E-state index contributed by atoms with van der Waals surface area (Å²) in [5, 5.41) is 3.27. The Balaban J connectivity index is 1.53. The molecule has 1 N–H and O–H groups in total. The fraction of sp³-hybridized carbons (Fsp3) is 0.190. The molecule has 0 unspecified atom stereocenters. The number of rotatable bonds is 3. The van der Waals surface area contributed by atoms with E-state index in [9.17, 15) is 4.79 Å². The van der Waals surface area contributed by atoms with Gasteiger partial charge in [0.1, 0.15) is 11.5 Å². The zero-order valence-corrected chi connectivity index (χ0v) is 14.9. The molecule has 1 aromatic heterocycles. The van der Waals surface area contributed by atoms with Crippen molar-refractivity contribution >= 4 is 23.1 Å². The van der Waals surface area contributed by atoms with Crippen LogP contribution in [0.2, 0.25) is 0 Å². The van der Waals surface area contributed by atoms with Crippen molar-refractivity contribution in [1.29, 1.82) is 0 Å². The second-order valence-corrected chi connectivity index (χ2v) is 6.57. The van der Waals surface area contributed by atoms with Gasteiger partial charge >= 0.3 is 0 Å². The second-order valence-electron chi connectivity index (χ2n) is 6.57. The topological polar surface area (TPSA) is 58.1 Å². The van der Waals surface area contributed by atoms with Crippen molar-refractivity contribution in [3.63, 3.8) is 0 Å². The zero-order chi connectivity index (χ0) is 18.1. The van der Waals surface area contributed by atoms with Crippen molar-refractivity contribution in [1.82, 2.24) is 9.97 Å². The molecule has 0 fully saturated rings. The molecule has 0 saturated heterocycles. The summed E-state index contributed by atoms with van der Waals surface area (Å²) in [5.74, 6) is 0.512. The van der Waals surface area contributed by atoms with Gasteiger partial charge in [0.15, 0.2) is 0 Å². The van der Waals surface area contributed by atoms with Crippen molar-refractivity contribution in [2.75, 3.05) is 16.8 Å². The molecule has 0 atom stereocenters. The first-order valence-electron chi connectivity index (χ1n) is 8.68. The Kier molecular flexibility index (Phi) is 4.13. The minimum atomic E-state index is -0.110. The maximum Gasteiger partial charge on any atom is 0.278 e. The Labute approximate surface area is 152 Å². The van der Waals surface area contributed by atoms with Crippen LogP contribution >= 0.6 is 0 Å². The minimum absolute atomic E-state index is 0.110. The maximum absolute atomic E-state index is 12.8. The van der Waals surface area contributed by atoms with Crippen LogP contribution < -0.4 is 10.2 Å². The van der Waals surface area contributed by atoms with Crippen LogP contribution in [0.3, 0.4) is 0 Å². The molecule has 2 aromatic carbocycles. The summed E-state index contributed by atoms with van der Waals surface area (Å²) >= 11 is 0. The van der Waals surface area contributed by atoms with Gasteiger partial charge < -0.3 is 10.2 Å². The molecule has 1 aliphatic heterocycles. The SMILES string of the molecule is Cc1ccc(C)c(Nc2cnc(C(=O)N3CCc4ccccc43)cn2)c1. The van der Waals surface area contributed by atoms with E-state index in [1.165, 1.54) is 17.3 Å². The summed E-state index contributed by atoms with van der Waals surface area (Å²) in [7, 11) is 0. The Morgan fingerprint density at radius 2 is 1.92 bits per heavy atom. The van der Waals surface area contributed by atoms with Gasteiger partial charge in [-0.2, -0.15) is 0 Å². The fourth-order valence-electron chi connectivity index (χ4n) is 3.20. The molecule has 0 spiro atoms. The van der Waals surface area contributed by atoms with Gasteiger partial charge in [0.25, 0.3) is 5.91 Å². The molecule has 0 radical (unpaired) electrons. The van der Waals surface area contributed by atoms with Crippen LogP contribution in [0.1, 0.15) is 27.2 Å². The number of benzene rings is 2. The van der Waals surface area contributed by atoms with Crippen molar-refractivity contribution in [2.24, 2.45) is 0 Å². The quantitative estimate of drug-likeness (QED) is 0.779. The molecule has 0 bridgehead atoms. The van der Waals surface area contributed by atoms with E-state index in [1.807, 2.05) is 32.0 Å².